The third kappa shape index (κ3) is 5.93. The number of ether oxygens (including phenoxy) is 2. The second-order valence-corrected chi connectivity index (χ2v) is 11.7. The van der Waals surface area contributed by atoms with Crippen LogP contribution in [-0.4, -0.2) is 52.2 Å². The van der Waals surface area contributed by atoms with E-state index < -0.39 is 9.84 Å². The van der Waals surface area contributed by atoms with Gasteiger partial charge in [0, 0.05) is 41.9 Å². The first-order valence-electron chi connectivity index (χ1n) is 12.3. The second-order valence-electron chi connectivity index (χ2n) is 9.48. The molecule has 2 unspecified atom stereocenters. The van der Waals surface area contributed by atoms with Crippen LogP contribution in [0.4, 0.5) is 5.69 Å². The second kappa shape index (κ2) is 10.8. The minimum absolute atomic E-state index is 0.0327. The molecule has 0 aromatic heterocycles. The van der Waals surface area contributed by atoms with Crippen molar-refractivity contribution in [3.63, 3.8) is 0 Å². The number of carbonyl (C=O) groups excluding carboxylic acids is 1. The first-order chi connectivity index (χ1) is 16.4. The van der Waals surface area contributed by atoms with Gasteiger partial charge in [0.2, 0.25) is 0 Å². The lowest BCUT2D eigenvalue weighted by molar-refractivity contribution is -0.144. The largest absolute Gasteiger partial charge is 0.493 e. The molecular formula is C27H35NO5S. The molecule has 0 bridgehead atoms. The molecule has 184 valence electrons. The van der Waals surface area contributed by atoms with E-state index >= 15 is 0 Å². The minimum atomic E-state index is -2.97. The third-order valence-corrected chi connectivity index (χ3v) is 8.78. The summed E-state index contributed by atoms with van der Waals surface area (Å²) in [6.45, 7) is 6.09. The number of rotatable bonds is 10. The van der Waals surface area contributed by atoms with E-state index in [9.17, 15) is 13.2 Å². The predicted octanol–water partition coefficient (Wildman–Crippen LogP) is 4.24. The lowest BCUT2D eigenvalue weighted by atomic mass is 9.78. The Balaban J connectivity index is 1.53. The average Bonchev–Trinajstić information content (AvgIpc) is 2.78. The Morgan fingerprint density at radius 3 is 2.59 bits per heavy atom. The van der Waals surface area contributed by atoms with Gasteiger partial charge in [-0.15, -0.1) is 0 Å². The summed E-state index contributed by atoms with van der Waals surface area (Å²) in [4.78, 5) is 14.6. The monoisotopic (exact) mass is 485 g/mol. The lowest BCUT2D eigenvalue weighted by Gasteiger charge is -2.42. The van der Waals surface area contributed by atoms with Gasteiger partial charge in [0.1, 0.15) is 5.75 Å². The van der Waals surface area contributed by atoms with Crippen molar-refractivity contribution in [3.05, 3.63) is 59.7 Å². The molecule has 2 atom stereocenters. The SMILES string of the molecule is CCCS(=O)(=O)CC1CN(c2ccc3c(c2)C(Cc2ccccc2)C(CC(=O)OCC)CO3)C1. The zero-order chi connectivity index (χ0) is 24.1. The fraction of sp³-hybridized carbons (Fsp3) is 0.519. The molecule has 0 aliphatic carbocycles. The topological polar surface area (TPSA) is 72.9 Å². The molecule has 0 N–H and O–H groups in total. The van der Waals surface area contributed by atoms with E-state index in [2.05, 4.69) is 29.2 Å². The summed E-state index contributed by atoms with van der Waals surface area (Å²) in [7, 11) is -2.97. The van der Waals surface area contributed by atoms with Gasteiger partial charge in [0.25, 0.3) is 0 Å². The summed E-state index contributed by atoms with van der Waals surface area (Å²) in [6, 6.07) is 16.6. The molecule has 0 radical (unpaired) electrons. The number of carbonyl (C=O) groups is 1. The Bertz CT molecular complexity index is 1080. The molecule has 4 rings (SSSR count). The molecule has 1 saturated heterocycles. The van der Waals surface area contributed by atoms with Crippen LogP contribution >= 0.6 is 0 Å². The number of esters is 1. The molecule has 2 heterocycles. The van der Waals surface area contributed by atoms with Crippen molar-refractivity contribution < 1.29 is 22.7 Å². The zero-order valence-electron chi connectivity index (χ0n) is 20.1. The van der Waals surface area contributed by atoms with E-state index in [1.54, 1.807) is 0 Å². The fourth-order valence-electron chi connectivity index (χ4n) is 5.14. The van der Waals surface area contributed by atoms with Crippen LogP contribution < -0.4 is 9.64 Å². The highest BCUT2D eigenvalue weighted by molar-refractivity contribution is 7.91. The van der Waals surface area contributed by atoms with Crippen LogP contribution in [0.15, 0.2) is 48.5 Å². The van der Waals surface area contributed by atoms with Gasteiger partial charge in [-0.25, -0.2) is 8.42 Å². The summed E-state index contributed by atoms with van der Waals surface area (Å²) in [5.41, 5.74) is 3.43. The highest BCUT2D eigenvalue weighted by Gasteiger charge is 2.35. The number of hydrogen-bond acceptors (Lipinski definition) is 6. The highest BCUT2D eigenvalue weighted by Crippen LogP contribution is 2.43. The number of benzene rings is 2. The normalized spacial score (nSPS) is 20.2. The van der Waals surface area contributed by atoms with Crippen molar-refractivity contribution in [3.8, 4) is 5.75 Å². The molecule has 0 amide bonds. The summed E-state index contributed by atoms with van der Waals surface area (Å²) in [6.07, 6.45) is 1.82. The van der Waals surface area contributed by atoms with E-state index in [1.165, 1.54) is 5.56 Å². The van der Waals surface area contributed by atoms with E-state index in [-0.39, 0.29) is 35.2 Å². The molecule has 0 spiro atoms. The Hall–Kier alpha value is -2.54. The smallest absolute Gasteiger partial charge is 0.306 e. The van der Waals surface area contributed by atoms with E-state index in [4.69, 9.17) is 9.47 Å². The maximum atomic E-state index is 12.3. The fourth-order valence-corrected chi connectivity index (χ4v) is 6.86. The van der Waals surface area contributed by atoms with Gasteiger partial charge in [0.05, 0.1) is 25.4 Å². The number of nitrogens with zero attached hydrogens (tertiary/aromatic N) is 1. The Labute approximate surface area is 203 Å². The van der Waals surface area contributed by atoms with Crippen molar-refractivity contribution in [1.82, 2.24) is 0 Å². The molecule has 6 nitrogen and oxygen atoms in total. The maximum Gasteiger partial charge on any atom is 0.306 e. The first kappa shape index (κ1) is 24.6. The summed E-state index contributed by atoms with van der Waals surface area (Å²) >= 11 is 0. The number of sulfone groups is 1. The highest BCUT2D eigenvalue weighted by atomic mass is 32.2. The summed E-state index contributed by atoms with van der Waals surface area (Å²) in [5, 5.41) is 0. The van der Waals surface area contributed by atoms with Gasteiger partial charge in [-0.1, -0.05) is 37.3 Å². The molecule has 1 fully saturated rings. The molecule has 2 aromatic rings. The van der Waals surface area contributed by atoms with E-state index in [0.717, 1.165) is 36.5 Å². The quantitative estimate of drug-likeness (QED) is 0.469. The van der Waals surface area contributed by atoms with Gasteiger partial charge in [-0.2, -0.15) is 0 Å². The molecule has 2 aliphatic heterocycles. The number of anilines is 1. The van der Waals surface area contributed by atoms with Crippen molar-refractivity contribution in [1.29, 1.82) is 0 Å². The van der Waals surface area contributed by atoms with Gasteiger partial charge in [0.15, 0.2) is 9.84 Å². The first-order valence-corrected chi connectivity index (χ1v) is 14.1. The zero-order valence-corrected chi connectivity index (χ0v) is 20.9. The predicted molar refractivity (Wildman–Crippen MR) is 134 cm³/mol. The van der Waals surface area contributed by atoms with Crippen LogP contribution in [0.5, 0.6) is 5.75 Å². The van der Waals surface area contributed by atoms with Crippen LogP contribution in [0.2, 0.25) is 0 Å². The summed E-state index contributed by atoms with van der Waals surface area (Å²) < 4.78 is 35.7. The van der Waals surface area contributed by atoms with Crippen LogP contribution in [0, 0.1) is 11.8 Å². The van der Waals surface area contributed by atoms with Crippen LogP contribution in [0.3, 0.4) is 0 Å². The molecule has 0 saturated carbocycles. The maximum absolute atomic E-state index is 12.3. The molecular weight excluding hydrogens is 450 g/mol. The van der Waals surface area contributed by atoms with Crippen LogP contribution in [0.1, 0.15) is 43.7 Å². The van der Waals surface area contributed by atoms with Crippen LogP contribution in [-0.2, 0) is 25.8 Å². The van der Waals surface area contributed by atoms with Gasteiger partial charge >= 0.3 is 5.97 Å². The van der Waals surface area contributed by atoms with Crippen molar-refractivity contribution in [2.75, 3.05) is 42.7 Å². The Morgan fingerprint density at radius 2 is 1.88 bits per heavy atom. The van der Waals surface area contributed by atoms with Crippen molar-refractivity contribution in [2.24, 2.45) is 11.8 Å². The molecule has 2 aliphatic rings. The van der Waals surface area contributed by atoms with Gasteiger partial charge in [-0.3, -0.25) is 4.79 Å². The molecule has 34 heavy (non-hydrogen) atoms. The minimum Gasteiger partial charge on any atom is -0.493 e. The Kier molecular flexibility index (Phi) is 7.81. The van der Waals surface area contributed by atoms with Crippen molar-refractivity contribution in [2.45, 2.75) is 39.0 Å². The number of fused-ring (bicyclic) bond motifs is 1. The Morgan fingerprint density at radius 1 is 1.12 bits per heavy atom. The third-order valence-electron chi connectivity index (χ3n) is 6.77. The van der Waals surface area contributed by atoms with Crippen molar-refractivity contribution >= 4 is 21.5 Å². The standard InChI is InChI=1S/C27H35NO5S/c1-3-12-34(30,31)19-21-16-28(17-21)23-10-11-26-25(15-23)24(13-20-8-6-5-7-9-20)22(18-33-26)14-27(29)32-4-2/h5-11,15,21-22,24H,3-4,12-14,16-19H2,1-2H3. The van der Waals surface area contributed by atoms with Crippen LogP contribution in [0.25, 0.3) is 0 Å². The van der Waals surface area contributed by atoms with E-state index in [1.807, 2.05) is 38.1 Å². The lowest BCUT2D eigenvalue weighted by Crippen LogP contribution is -2.50. The van der Waals surface area contributed by atoms with Gasteiger partial charge < -0.3 is 14.4 Å². The molecule has 7 heteroatoms. The molecule has 2 aromatic carbocycles. The summed E-state index contributed by atoms with van der Waals surface area (Å²) in [5.74, 6) is 1.56. The van der Waals surface area contributed by atoms with E-state index in [0.29, 0.717) is 26.1 Å². The average molecular weight is 486 g/mol. The van der Waals surface area contributed by atoms with Gasteiger partial charge in [-0.05, 0) is 49.4 Å². The number of hydrogen-bond donors (Lipinski definition) is 0.